The number of anilines is 1. The SMILES string of the molecule is CCCCCCCc1cccc(S(=O)(=O)Nc2c(C)cc(F)cc2-c2ccccc2)c1. The van der Waals surface area contributed by atoms with Crippen LogP contribution in [0.3, 0.4) is 0 Å². The van der Waals surface area contributed by atoms with E-state index in [9.17, 15) is 12.8 Å². The number of hydrogen-bond acceptors (Lipinski definition) is 2. The summed E-state index contributed by atoms with van der Waals surface area (Å²) in [7, 11) is -3.81. The maximum Gasteiger partial charge on any atom is 0.261 e. The molecule has 0 saturated heterocycles. The lowest BCUT2D eigenvalue weighted by molar-refractivity contribution is 0.600. The van der Waals surface area contributed by atoms with Crippen LogP contribution < -0.4 is 4.72 Å². The molecular formula is C26H30FNO2S. The van der Waals surface area contributed by atoms with Crippen molar-refractivity contribution >= 4 is 15.7 Å². The zero-order valence-corrected chi connectivity index (χ0v) is 19.0. The number of rotatable bonds is 10. The molecule has 0 unspecified atom stereocenters. The summed E-state index contributed by atoms with van der Waals surface area (Å²) < 4.78 is 43.2. The van der Waals surface area contributed by atoms with Gasteiger partial charge in [-0.1, -0.05) is 75.1 Å². The van der Waals surface area contributed by atoms with Crippen molar-refractivity contribution in [3.8, 4) is 11.1 Å². The van der Waals surface area contributed by atoms with E-state index in [1.807, 2.05) is 36.4 Å². The van der Waals surface area contributed by atoms with Crippen LogP contribution in [0, 0.1) is 12.7 Å². The van der Waals surface area contributed by atoms with E-state index in [4.69, 9.17) is 0 Å². The second-order valence-electron chi connectivity index (χ2n) is 7.93. The monoisotopic (exact) mass is 439 g/mol. The van der Waals surface area contributed by atoms with Crippen LogP contribution in [0.5, 0.6) is 0 Å². The van der Waals surface area contributed by atoms with Gasteiger partial charge in [-0.3, -0.25) is 4.72 Å². The van der Waals surface area contributed by atoms with Crippen LogP contribution in [0.2, 0.25) is 0 Å². The minimum atomic E-state index is -3.81. The molecule has 0 saturated carbocycles. The van der Waals surface area contributed by atoms with Crippen LogP contribution in [0.25, 0.3) is 11.1 Å². The Labute approximate surface area is 185 Å². The maximum absolute atomic E-state index is 14.1. The van der Waals surface area contributed by atoms with E-state index < -0.39 is 15.8 Å². The van der Waals surface area contributed by atoms with Gasteiger partial charge in [0.15, 0.2) is 0 Å². The minimum absolute atomic E-state index is 0.223. The lowest BCUT2D eigenvalue weighted by Gasteiger charge is -2.16. The minimum Gasteiger partial charge on any atom is -0.279 e. The van der Waals surface area contributed by atoms with Crippen LogP contribution >= 0.6 is 0 Å². The highest BCUT2D eigenvalue weighted by Crippen LogP contribution is 2.33. The van der Waals surface area contributed by atoms with Crippen molar-refractivity contribution in [2.75, 3.05) is 4.72 Å². The van der Waals surface area contributed by atoms with Crippen molar-refractivity contribution in [1.82, 2.24) is 0 Å². The van der Waals surface area contributed by atoms with Gasteiger partial charge in [0.2, 0.25) is 0 Å². The quantitative estimate of drug-likeness (QED) is 0.342. The molecular weight excluding hydrogens is 409 g/mol. The first-order chi connectivity index (χ1) is 14.9. The Balaban J connectivity index is 1.86. The van der Waals surface area contributed by atoms with Crippen molar-refractivity contribution in [3.05, 3.63) is 83.7 Å². The van der Waals surface area contributed by atoms with Gasteiger partial charge in [-0.25, -0.2) is 12.8 Å². The molecule has 164 valence electrons. The first kappa shape index (κ1) is 23.0. The number of unbranched alkanes of at least 4 members (excludes halogenated alkanes) is 4. The van der Waals surface area contributed by atoms with Crippen LogP contribution in [-0.4, -0.2) is 8.42 Å². The molecule has 31 heavy (non-hydrogen) atoms. The number of hydrogen-bond donors (Lipinski definition) is 1. The number of benzene rings is 3. The molecule has 3 nitrogen and oxygen atoms in total. The van der Waals surface area contributed by atoms with Gasteiger partial charge in [-0.15, -0.1) is 0 Å². The Morgan fingerprint density at radius 3 is 2.35 bits per heavy atom. The second kappa shape index (κ2) is 10.6. The van der Waals surface area contributed by atoms with Gasteiger partial charge in [-0.2, -0.15) is 0 Å². The Hall–Kier alpha value is -2.66. The first-order valence-corrected chi connectivity index (χ1v) is 12.4. The molecule has 0 atom stereocenters. The van der Waals surface area contributed by atoms with E-state index in [2.05, 4.69) is 11.6 Å². The standard InChI is InChI=1S/C26H30FNO2S/c1-3-4-5-6-8-12-21-13-11-16-24(18-21)31(29,30)28-26-20(2)17-23(27)19-25(26)22-14-9-7-10-15-22/h7,9-11,13-19,28H,3-6,8,12H2,1-2H3. The third-order valence-corrected chi connectivity index (χ3v) is 6.75. The van der Waals surface area contributed by atoms with Gasteiger partial charge in [0.1, 0.15) is 5.82 Å². The summed E-state index contributed by atoms with van der Waals surface area (Å²) in [5, 5.41) is 0. The Bertz CT molecular complexity index is 1110. The van der Waals surface area contributed by atoms with Crippen molar-refractivity contribution in [2.24, 2.45) is 0 Å². The Morgan fingerprint density at radius 1 is 0.871 bits per heavy atom. The van der Waals surface area contributed by atoms with Gasteiger partial charge < -0.3 is 0 Å². The summed E-state index contributed by atoms with van der Waals surface area (Å²) in [5.74, 6) is -0.399. The number of sulfonamides is 1. The van der Waals surface area contributed by atoms with Gasteiger partial charge in [0, 0.05) is 5.56 Å². The summed E-state index contributed by atoms with van der Waals surface area (Å²) in [6, 6.07) is 19.0. The van der Waals surface area contributed by atoms with Crippen LogP contribution in [0.15, 0.2) is 71.6 Å². The van der Waals surface area contributed by atoms with Crippen molar-refractivity contribution in [1.29, 1.82) is 0 Å². The summed E-state index contributed by atoms with van der Waals surface area (Å²) in [4.78, 5) is 0.223. The molecule has 0 bridgehead atoms. The second-order valence-corrected chi connectivity index (χ2v) is 9.61. The molecule has 0 aliphatic carbocycles. The average molecular weight is 440 g/mol. The summed E-state index contributed by atoms with van der Waals surface area (Å²) in [6.45, 7) is 3.90. The highest BCUT2D eigenvalue weighted by atomic mass is 32.2. The molecule has 0 aromatic heterocycles. The number of aryl methyl sites for hydroxylation is 2. The van der Waals surface area contributed by atoms with Crippen molar-refractivity contribution < 1.29 is 12.8 Å². The number of halogens is 1. The molecule has 3 aromatic carbocycles. The summed E-state index contributed by atoms with van der Waals surface area (Å²) in [6.07, 6.45) is 6.71. The normalized spacial score (nSPS) is 11.5. The molecule has 0 spiro atoms. The van der Waals surface area contributed by atoms with Crippen LogP contribution in [0.1, 0.15) is 50.2 Å². The molecule has 1 N–H and O–H groups in total. The molecule has 0 aliphatic heterocycles. The predicted octanol–water partition coefficient (Wildman–Crippen LogP) is 7.11. The number of nitrogens with one attached hydrogen (secondary N) is 1. The lowest BCUT2D eigenvalue weighted by Crippen LogP contribution is -2.15. The van der Waals surface area contributed by atoms with E-state index in [0.29, 0.717) is 16.8 Å². The molecule has 5 heteroatoms. The first-order valence-electron chi connectivity index (χ1n) is 10.9. The third-order valence-electron chi connectivity index (χ3n) is 5.40. The van der Waals surface area contributed by atoms with E-state index in [1.54, 1.807) is 25.1 Å². The fourth-order valence-corrected chi connectivity index (χ4v) is 4.94. The molecule has 0 heterocycles. The third kappa shape index (κ3) is 6.17. The molecule has 0 radical (unpaired) electrons. The zero-order chi connectivity index (χ0) is 22.3. The molecule has 3 aromatic rings. The van der Waals surface area contributed by atoms with E-state index in [0.717, 1.165) is 30.4 Å². The topological polar surface area (TPSA) is 46.2 Å². The van der Waals surface area contributed by atoms with E-state index in [1.165, 1.54) is 31.4 Å². The molecule has 0 fully saturated rings. The zero-order valence-electron chi connectivity index (χ0n) is 18.2. The smallest absolute Gasteiger partial charge is 0.261 e. The summed E-state index contributed by atoms with van der Waals surface area (Å²) in [5.41, 5.74) is 3.22. The average Bonchev–Trinajstić information content (AvgIpc) is 2.76. The van der Waals surface area contributed by atoms with Gasteiger partial charge in [0.05, 0.1) is 10.6 Å². The van der Waals surface area contributed by atoms with Crippen molar-refractivity contribution in [2.45, 2.75) is 57.3 Å². The Kier molecular flexibility index (Phi) is 7.85. The molecule has 3 rings (SSSR count). The van der Waals surface area contributed by atoms with Gasteiger partial charge in [-0.05, 0) is 60.7 Å². The van der Waals surface area contributed by atoms with Crippen LogP contribution in [-0.2, 0) is 16.4 Å². The van der Waals surface area contributed by atoms with E-state index >= 15 is 0 Å². The van der Waals surface area contributed by atoms with Crippen molar-refractivity contribution in [3.63, 3.8) is 0 Å². The van der Waals surface area contributed by atoms with Crippen LogP contribution in [0.4, 0.5) is 10.1 Å². The summed E-state index contributed by atoms with van der Waals surface area (Å²) >= 11 is 0. The maximum atomic E-state index is 14.1. The fourth-order valence-electron chi connectivity index (χ4n) is 3.72. The molecule has 0 aliphatic rings. The fraction of sp³-hybridized carbons (Fsp3) is 0.308. The van der Waals surface area contributed by atoms with Gasteiger partial charge in [0.25, 0.3) is 10.0 Å². The lowest BCUT2D eigenvalue weighted by atomic mass is 10.0. The highest BCUT2D eigenvalue weighted by molar-refractivity contribution is 7.92. The highest BCUT2D eigenvalue weighted by Gasteiger charge is 2.19. The molecule has 0 amide bonds. The van der Waals surface area contributed by atoms with Gasteiger partial charge >= 0.3 is 0 Å². The Morgan fingerprint density at radius 2 is 1.61 bits per heavy atom. The predicted molar refractivity (Wildman–Crippen MR) is 126 cm³/mol. The van der Waals surface area contributed by atoms with E-state index in [-0.39, 0.29) is 4.90 Å². The largest absolute Gasteiger partial charge is 0.279 e.